The molecule has 3 heteroatoms. The molecule has 3 aromatic rings. The average Bonchev–Trinajstić information content (AvgIpc) is 2.46. The predicted molar refractivity (Wildman–Crippen MR) is 74.4 cm³/mol. The van der Waals surface area contributed by atoms with Crippen LogP contribution in [0.1, 0.15) is 11.4 Å². The number of rotatable bonds is 1. The van der Waals surface area contributed by atoms with Gasteiger partial charge in [-0.1, -0.05) is 30.3 Å². The molecule has 0 N–H and O–H groups in total. The van der Waals surface area contributed by atoms with Gasteiger partial charge in [-0.3, -0.25) is 0 Å². The lowest BCUT2D eigenvalue weighted by Gasteiger charge is -2.07. The van der Waals surface area contributed by atoms with Gasteiger partial charge in [0, 0.05) is 10.9 Å². The van der Waals surface area contributed by atoms with E-state index in [-0.39, 0.29) is 0 Å². The standard InChI is InChI=1S/C16H11N3/c1-11-18-15-8-3-2-7-14(15)16(19-11)13-6-4-5-12(9-13)10-17/h2-9H,1H3. The van der Waals surface area contributed by atoms with E-state index in [0.717, 1.165) is 28.0 Å². The molecule has 0 aliphatic carbocycles. The minimum Gasteiger partial charge on any atom is -0.233 e. The normalized spacial score (nSPS) is 10.3. The highest BCUT2D eigenvalue weighted by Gasteiger charge is 2.08. The highest BCUT2D eigenvalue weighted by Crippen LogP contribution is 2.26. The van der Waals surface area contributed by atoms with Crippen molar-refractivity contribution >= 4 is 10.9 Å². The molecular formula is C16H11N3. The fraction of sp³-hybridized carbons (Fsp3) is 0.0625. The molecule has 3 rings (SSSR count). The van der Waals surface area contributed by atoms with E-state index in [2.05, 4.69) is 16.0 Å². The number of nitriles is 1. The third-order valence-electron chi connectivity index (χ3n) is 2.98. The van der Waals surface area contributed by atoms with E-state index in [1.165, 1.54) is 0 Å². The number of para-hydroxylation sites is 1. The second-order valence-electron chi connectivity index (χ2n) is 4.33. The average molecular weight is 245 g/mol. The monoisotopic (exact) mass is 245 g/mol. The zero-order valence-electron chi connectivity index (χ0n) is 10.5. The number of hydrogen-bond acceptors (Lipinski definition) is 3. The van der Waals surface area contributed by atoms with E-state index in [9.17, 15) is 0 Å². The summed E-state index contributed by atoms with van der Waals surface area (Å²) in [4.78, 5) is 8.95. The first-order chi connectivity index (χ1) is 9.28. The molecule has 0 aliphatic heterocycles. The Hall–Kier alpha value is -2.73. The molecule has 2 aromatic carbocycles. The maximum atomic E-state index is 8.99. The van der Waals surface area contributed by atoms with Gasteiger partial charge in [-0.05, 0) is 25.1 Å². The van der Waals surface area contributed by atoms with Crippen LogP contribution in [0.4, 0.5) is 0 Å². The molecule has 0 saturated carbocycles. The van der Waals surface area contributed by atoms with Crippen LogP contribution in [0.2, 0.25) is 0 Å². The summed E-state index contributed by atoms with van der Waals surface area (Å²) in [5.74, 6) is 0.732. The van der Waals surface area contributed by atoms with Crippen LogP contribution in [0, 0.1) is 18.3 Å². The van der Waals surface area contributed by atoms with Crippen molar-refractivity contribution in [3.8, 4) is 17.3 Å². The molecule has 0 bridgehead atoms. The van der Waals surface area contributed by atoms with Crippen LogP contribution in [-0.4, -0.2) is 9.97 Å². The zero-order chi connectivity index (χ0) is 13.2. The van der Waals surface area contributed by atoms with E-state index in [1.54, 1.807) is 6.07 Å². The van der Waals surface area contributed by atoms with Gasteiger partial charge in [-0.25, -0.2) is 9.97 Å². The Morgan fingerprint density at radius 2 is 1.84 bits per heavy atom. The van der Waals surface area contributed by atoms with Crippen LogP contribution < -0.4 is 0 Å². The molecule has 0 amide bonds. The Morgan fingerprint density at radius 1 is 1.00 bits per heavy atom. The van der Waals surface area contributed by atoms with Crippen LogP contribution >= 0.6 is 0 Å². The fourth-order valence-corrected chi connectivity index (χ4v) is 2.15. The van der Waals surface area contributed by atoms with Gasteiger partial charge in [0.05, 0.1) is 22.8 Å². The predicted octanol–water partition coefficient (Wildman–Crippen LogP) is 3.48. The molecule has 1 heterocycles. The van der Waals surface area contributed by atoms with Gasteiger partial charge < -0.3 is 0 Å². The van der Waals surface area contributed by atoms with Crippen molar-refractivity contribution in [2.45, 2.75) is 6.92 Å². The quantitative estimate of drug-likeness (QED) is 0.659. The first-order valence-corrected chi connectivity index (χ1v) is 6.02. The van der Waals surface area contributed by atoms with Crippen molar-refractivity contribution in [1.29, 1.82) is 5.26 Å². The second kappa shape index (κ2) is 4.51. The topological polar surface area (TPSA) is 49.6 Å². The van der Waals surface area contributed by atoms with Crippen molar-refractivity contribution in [3.05, 3.63) is 59.9 Å². The second-order valence-corrected chi connectivity index (χ2v) is 4.33. The van der Waals surface area contributed by atoms with Gasteiger partial charge >= 0.3 is 0 Å². The summed E-state index contributed by atoms with van der Waals surface area (Å²) in [7, 11) is 0. The van der Waals surface area contributed by atoms with Crippen LogP contribution in [-0.2, 0) is 0 Å². The first-order valence-electron chi connectivity index (χ1n) is 6.02. The fourth-order valence-electron chi connectivity index (χ4n) is 2.15. The third-order valence-corrected chi connectivity index (χ3v) is 2.98. The molecule has 0 atom stereocenters. The van der Waals surface area contributed by atoms with Gasteiger partial charge in [-0.2, -0.15) is 5.26 Å². The Balaban J connectivity index is 2.32. The molecule has 0 radical (unpaired) electrons. The lowest BCUT2D eigenvalue weighted by molar-refractivity contribution is 1.10. The SMILES string of the molecule is Cc1nc(-c2cccc(C#N)c2)c2ccccc2n1. The van der Waals surface area contributed by atoms with Crippen molar-refractivity contribution in [1.82, 2.24) is 9.97 Å². The van der Waals surface area contributed by atoms with Crippen LogP contribution in [0.3, 0.4) is 0 Å². The smallest absolute Gasteiger partial charge is 0.126 e. The van der Waals surface area contributed by atoms with Crippen molar-refractivity contribution in [2.24, 2.45) is 0 Å². The summed E-state index contributed by atoms with van der Waals surface area (Å²) in [6, 6.07) is 17.6. The zero-order valence-corrected chi connectivity index (χ0v) is 10.5. The van der Waals surface area contributed by atoms with Gasteiger partial charge in [-0.15, -0.1) is 0 Å². The number of benzene rings is 2. The van der Waals surface area contributed by atoms with Gasteiger partial charge in [0.15, 0.2) is 0 Å². The highest BCUT2D eigenvalue weighted by atomic mass is 14.9. The molecule has 0 unspecified atom stereocenters. The van der Waals surface area contributed by atoms with E-state index in [4.69, 9.17) is 5.26 Å². The molecule has 0 aliphatic rings. The van der Waals surface area contributed by atoms with Crippen molar-refractivity contribution in [2.75, 3.05) is 0 Å². The lowest BCUT2D eigenvalue weighted by Crippen LogP contribution is -1.94. The number of aryl methyl sites for hydroxylation is 1. The Morgan fingerprint density at radius 3 is 2.68 bits per heavy atom. The Labute approximate surface area is 111 Å². The summed E-state index contributed by atoms with van der Waals surface area (Å²) in [6.07, 6.45) is 0. The molecular weight excluding hydrogens is 234 g/mol. The molecule has 1 aromatic heterocycles. The van der Waals surface area contributed by atoms with Gasteiger partial charge in [0.2, 0.25) is 0 Å². The molecule has 3 nitrogen and oxygen atoms in total. The van der Waals surface area contributed by atoms with Gasteiger partial charge in [0.1, 0.15) is 5.82 Å². The van der Waals surface area contributed by atoms with E-state index in [1.807, 2.05) is 49.4 Å². The maximum absolute atomic E-state index is 8.99. The molecule has 90 valence electrons. The number of hydrogen-bond donors (Lipinski definition) is 0. The van der Waals surface area contributed by atoms with E-state index < -0.39 is 0 Å². The van der Waals surface area contributed by atoms with Crippen LogP contribution in [0.15, 0.2) is 48.5 Å². The van der Waals surface area contributed by atoms with Crippen LogP contribution in [0.25, 0.3) is 22.2 Å². The summed E-state index contributed by atoms with van der Waals surface area (Å²) in [5, 5.41) is 10.00. The van der Waals surface area contributed by atoms with E-state index >= 15 is 0 Å². The Kier molecular flexibility index (Phi) is 2.70. The third kappa shape index (κ3) is 2.04. The minimum atomic E-state index is 0.637. The summed E-state index contributed by atoms with van der Waals surface area (Å²) < 4.78 is 0. The molecule has 19 heavy (non-hydrogen) atoms. The van der Waals surface area contributed by atoms with Crippen molar-refractivity contribution < 1.29 is 0 Å². The van der Waals surface area contributed by atoms with Crippen LogP contribution in [0.5, 0.6) is 0 Å². The highest BCUT2D eigenvalue weighted by molar-refractivity contribution is 5.92. The molecule has 0 saturated heterocycles. The number of aromatic nitrogens is 2. The lowest BCUT2D eigenvalue weighted by atomic mass is 10.0. The van der Waals surface area contributed by atoms with Crippen molar-refractivity contribution in [3.63, 3.8) is 0 Å². The van der Waals surface area contributed by atoms with Gasteiger partial charge in [0.25, 0.3) is 0 Å². The molecule has 0 spiro atoms. The largest absolute Gasteiger partial charge is 0.233 e. The number of nitrogens with zero attached hydrogens (tertiary/aromatic N) is 3. The maximum Gasteiger partial charge on any atom is 0.126 e. The minimum absolute atomic E-state index is 0.637. The first kappa shape index (κ1) is 11.4. The molecule has 0 fully saturated rings. The summed E-state index contributed by atoms with van der Waals surface area (Å²) in [5.41, 5.74) is 3.38. The Bertz CT molecular complexity index is 800. The summed E-state index contributed by atoms with van der Waals surface area (Å²) in [6.45, 7) is 1.88. The summed E-state index contributed by atoms with van der Waals surface area (Å²) >= 11 is 0. The van der Waals surface area contributed by atoms with E-state index in [0.29, 0.717) is 5.56 Å². The number of fused-ring (bicyclic) bond motifs is 1.